The van der Waals surface area contributed by atoms with Gasteiger partial charge < -0.3 is 25.8 Å². The maximum absolute atomic E-state index is 13.3. The number of aliphatic hydroxyl groups is 3. The summed E-state index contributed by atoms with van der Waals surface area (Å²) in [5, 5.41) is 28.3. The van der Waals surface area contributed by atoms with Crippen molar-refractivity contribution >= 4 is 5.91 Å². The number of aromatic nitrogens is 2. The number of aliphatic hydroxyl groups excluding tert-OH is 3. The van der Waals surface area contributed by atoms with Crippen LogP contribution in [-0.4, -0.2) is 55.7 Å². The number of carbonyl (C=O) groups excluding carboxylic acids is 1. The van der Waals surface area contributed by atoms with Gasteiger partial charge in [0, 0.05) is 0 Å². The molecular weight excluding hydrogens is 277 g/mol. The Bertz CT molecular complexity index is 591. The van der Waals surface area contributed by atoms with Crippen molar-refractivity contribution in [3.63, 3.8) is 0 Å². The van der Waals surface area contributed by atoms with Crippen LogP contribution >= 0.6 is 0 Å². The molecule has 1 aromatic rings. The molecule has 0 bridgehead atoms. The molecule has 1 aromatic heterocycles. The van der Waals surface area contributed by atoms with Crippen molar-refractivity contribution in [1.29, 1.82) is 0 Å². The first-order valence-electron chi connectivity index (χ1n) is 5.57. The molecule has 1 amide bonds. The van der Waals surface area contributed by atoms with E-state index in [1.165, 1.54) is 0 Å². The summed E-state index contributed by atoms with van der Waals surface area (Å²) in [5.41, 5.74) is 2.96. The van der Waals surface area contributed by atoms with Crippen LogP contribution < -0.4 is 11.3 Å². The average molecular weight is 289 g/mol. The number of carbonyl (C=O) groups is 1. The summed E-state index contributed by atoms with van der Waals surface area (Å²) in [6.45, 7) is -0.611. The normalized spacial score (nSPS) is 29.6. The van der Waals surface area contributed by atoms with Crippen molar-refractivity contribution < 1.29 is 29.2 Å². The second-order valence-electron chi connectivity index (χ2n) is 4.22. The van der Waals surface area contributed by atoms with Gasteiger partial charge in [-0.25, -0.2) is 4.98 Å². The summed E-state index contributed by atoms with van der Waals surface area (Å²) in [7, 11) is 0. The minimum absolute atomic E-state index is 0.561. The quantitative estimate of drug-likeness (QED) is 0.466. The number of rotatable bonds is 3. The SMILES string of the molecule is NC(=O)c1nc(F)cn([C@@H]2O[C@H](CO)[C@@H](O)[C@@H]2O)c1=O. The highest BCUT2D eigenvalue weighted by molar-refractivity contribution is 5.90. The lowest BCUT2D eigenvalue weighted by Crippen LogP contribution is -2.38. The molecule has 20 heavy (non-hydrogen) atoms. The Morgan fingerprint density at radius 2 is 2.15 bits per heavy atom. The van der Waals surface area contributed by atoms with Crippen molar-refractivity contribution in [1.82, 2.24) is 9.55 Å². The maximum Gasteiger partial charge on any atom is 0.284 e. The molecule has 0 saturated carbocycles. The molecular formula is C10H12FN3O6. The molecule has 0 unspecified atom stereocenters. The van der Waals surface area contributed by atoms with Gasteiger partial charge in [-0.2, -0.15) is 4.39 Å². The van der Waals surface area contributed by atoms with Gasteiger partial charge in [-0.05, 0) is 0 Å². The Kier molecular flexibility index (Phi) is 3.81. The Labute approximate surface area is 111 Å². The van der Waals surface area contributed by atoms with Crippen LogP contribution in [0.2, 0.25) is 0 Å². The van der Waals surface area contributed by atoms with Gasteiger partial charge in [0.05, 0.1) is 12.8 Å². The van der Waals surface area contributed by atoms with Crippen LogP contribution in [0.4, 0.5) is 4.39 Å². The maximum atomic E-state index is 13.3. The van der Waals surface area contributed by atoms with Crippen LogP contribution in [0.3, 0.4) is 0 Å². The lowest BCUT2D eigenvalue weighted by atomic mass is 10.1. The highest BCUT2D eigenvalue weighted by Crippen LogP contribution is 2.28. The fourth-order valence-corrected chi connectivity index (χ4v) is 1.94. The lowest BCUT2D eigenvalue weighted by molar-refractivity contribution is -0.0550. The molecule has 9 nitrogen and oxygen atoms in total. The number of nitrogens with zero attached hydrogens (tertiary/aromatic N) is 2. The van der Waals surface area contributed by atoms with Gasteiger partial charge in [0.25, 0.3) is 11.5 Å². The molecule has 10 heteroatoms. The Hall–Kier alpha value is -1.88. The third-order valence-corrected chi connectivity index (χ3v) is 2.93. The average Bonchev–Trinajstić information content (AvgIpc) is 2.68. The number of ether oxygens (including phenoxy) is 1. The van der Waals surface area contributed by atoms with Gasteiger partial charge in [-0.15, -0.1) is 0 Å². The van der Waals surface area contributed by atoms with Gasteiger partial charge in [0.2, 0.25) is 5.95 Å². The monoisotopic (exact) mass is 289 g/mol. The minimum atomic E-state index is -1.59. The first-order valence-corrected chi connectivity index (χ1v) is 5.57. The van der Waals surface area contributed by atoms with E-state index in [4.69, 9.17) is 15.6 Å². The van der Waals surface area contributed by atoms with Crippen molar-refractivity contribution in [2.75, 3.05) is 6.61 Å². The molecule has 0 radical (unpaired) electrons. The summed E-state index contributed by atoms with van der Waals surface area (Å²) in [5.74, 6) is -2.42. The van der Waals surface area contributed by atoms with E-state index in [2.05, 4.69) is 4.98 Å². The fourth-order valence-electron chi connectivity index (χ4n) is 1.94. The molecule has 0 aromatic carbocycles. The number of primary amides is 1. The zero-order chi connectivity index (χ0) is 15.0. The van der Waals surface area contributed by atoms with Crippen LogP contribution in [0.25, 0.3) is 0 Å². The van der Waals surface area contributed by atoms with Crippen molar-refractivity contribution in [3.05, 3.63) is 28.2 Å². The predicted octanol–water partition coefficient (Wildman–Crippen LogP) is -2.91. The molecule has 110 valence electrons. The summed E-state index contributed by atoms with van der Waals surface area (Å²) in [6.07, 6.45) is -5.06. The molecule has 4 atom stereocenters. The van der Waals surface area contributed by atoms with Crippen LogP contribution in [0.5, 0.6) is 0 Å². The Morgan fingerprint density at radius 1 is 1.50 bits per heavy atom. The topological polar surface area (TPSA) is 148 Å². The van der Waals surface area contributed by atoms with E-state index in [-0.39, 0.29) is 0 Å². The van der Waals surface area contributed by atoms with Crippen molar-refractivity contribution in [3.8, 4) is 0 Å². The second-order valence-corrected chi connectivity index (χ2v) is 4.22. The van der Waals surface area contributed by atoms with Gasteiger partial charge in [0.1, 0.15) is 18.3 Å². The van der Waals surface area contributed by atoms with E-state index >= 15 is 0 Å². The minimum Gasteiger partial charge on any atom is -0.394 e. The molecule has 2 rings (SSSR count). The summed E-state index contributed by atoms with van der Waals surface area (Å²) < 4.78 is 18.9. The molecule has 0 spiro atoms. The number of halogens is 1. The van der Waals surface area contributed by atoms with Gasteiger partial charge in [-0.3, -0.25) is 14.2 Å². The zero-order valence-corrected chi connectivity index (χ0v) is 10.0. The lowest BCUT2D eigenvalue weighted by Gasteiger charge is -2.17. The Balaban J connectivity index is 2.49. The van der Waals surface area contributed by atoms with Crippen molar-refractivity contribution in [2.45, 2.75) is 24.5 Å². The molecule has 1 aliphatic rings. The van der Waals surface area contributed by atoms with Crippen LogP contribution in [0.15, 0.2) is 11.0 Å². The van der Waals surface area contributed by atoms with Crippen molar-refractivity contribution in [2.24, 2.45) is 5.73 Å². The summed E-state index contributed by atoms with van der Waals surface area (Å²) in [6, 6.07) is 0. The molecule has 1 aliphatic heterocycles. The third-order valence-electron chi connectivity index (χ3n) is 2.93. The number of hydrogen-bond acceptors (Lipinski definition) is 7. The summed E-state index contributed by atoms with van der Waals surface area (Å²) in [4.78, 5) is 26.0. The van der Waals surface area contributed by atoms with Gasteiger partial charge >= 0.3 is 0 Å². The predicted molar refractivity (Wildman–Crippen MR) is 60.0 cm³/mol. The number of hydrogen-bond donors (Lipinski definition) is 4. The number of amides is 1. The smallest absolute Gasteiger partial charge is 0.284 e. The van der Waals surface area contributed by atoms with Crippen LogP contribution in [-0.2, 0) is 4.74 Å². The van der Waals surface area contributed by atoms with Crippen LogP contribution in [0, 0.1) is 5.95 Å². The largest absolute Gasteiger partial charge is 0.394 e. The van der Waals surface area contributed by atoms with Crippen LogP contribution in [0.1, 0.15) is 16.7 Å². The standard InChI is InChI=1S/C10H12FN3O6/c11-4-1-14(9(19)5(13-4)8(12)18)10-7(17)6(16)3(2-15)20-10/h1,3,6-7,10,15-17H,2H2,(H2,12,18)/t3-,6-,7+,10-/m1/s1. The third kappa shape index (κ3) is 2.29. The molecule has 1 fully saturated rings. The second kappa shape index (κ2) is 5.25. The van der Waals surface area contributed by atoms with Gasteiger partial charge in [-0.1, -0.05) is 0 Å². The van der Waals surface area contributed by atoms with E-state index in [1.54, 1.807) is 0 Å². The van der Waals surface area contributed by atoms with E-state index in [0.717, 1.165) is 0 Å². The van der Waals surface area contributed by atoms with E-state index in [1.807, 2.05) is 0 Å². The molecule has 5 N–H and O–H groups in total. The first-order chi connectivity index (χ1) is 9.36. The number of nitrogens with two attached hydrogens (primary N) is 1. The zero-order valence-electron chi connectivity index (χ0n) is 10.0. The molecule has 0 aliphatic carbocycles. The van der Waals surface area contributed by atoms with Gasteiger partial charge in [0.15, 0.2) is 11.9 Å². The molecule has 2 heterocycles. The fraction of sp³-hybridized carbons (Fsp3) is 0.500. The highest BCUT2D eigenvalue weighted by atomic mass is 19.1. The highest BCUT2D eigenvalue weighted by Gasteiger charge is 2.44. The Morgan fingerprint density at radius 3 is 2.65 bits per heavy atom. The van der Waals surface area contributed by atoms with E-state index < -0.39 is 54.3 Å². The first kappa shape index (κ1) is 14.5. The van der Waals surface area contributed by atoms with E-state index in [9.17, 15) is 24.2 Å². The summed E-state index contributed by atoms with van der Waals surface area (Å²) >= 11 is 0. The molecule has 1 saturated heterocycles. The van der Waals surface area contributed by atoms with E-state index in [0.29, 0.717) is 10.8 Å².